The first-order chi connectivity index (χ1) is 4.75. The van der Waals surface area contributed by atoms with E-state index in [-0.39, 0.29) is 5.95 Å². The van der Waals surface area contributed by atoms with Crippen molar-refractivity contribution in [1.29, 1.82) is 0 Å². The van der Waals surface area contributed by atoms with Crippen molar-refractivity contribution in [2.45, 2.75) is 0 Å². The normalized spacial score (nSPS) is 11.9. The second-order valence-corrected chi connectivity index (χ2v) is 1.70. The van der Waals surface area contributed by atoms with Crippen molar-refractivity contribution >= 4 is 5.95 Å². The largest absolute Gasteiger partial charge is 0.423 e. The Bertz CT molecular complexity index is 290. The Kier molecular flexibility index (Phi) is 1.57. The summed E-state index contributed by atoms with van der Waals surface area (Å²) < 4.78 is 0.722. The molecule has 3 N–H and O–H groups in total. The van der Waals surface area contributed by atoms with Gasteiger partial charge in [0.1, 0.15) is 0 Å². The van der Waals surface area contributed by atoms with Crippen LogP contribution < -0.4 is 11.2 Å². The van der Waals surface area contributed by atoms with Crippen molar-refractivity contribution in [3.63, 3.8) is 0 Å². The Morgan fingerprint density at radius 2 is 2.50 bits per heavy atom. The lowest BCUT2D eigenvalue weighted by Gasteiger charge is -1.98. The van der Waals surface area contributed by atoms with Crippen molar-refractivity contribution in [2.75, 3.05) is 12.8 Å². The number of hydrogen-bond acceptors (Lipinski definition) is 4. The van der Waals surface area contributed by atoms with Crippen LogP contribution in [-0.2, 0) is 0 Å². The summed E-state index contributed by atoms with van der Waals surface area (Å²) in [6, 6.07) is 1.55. The Labute approximate surface area is 57.4 Å². The summed E-state index contributed by atoms with van der Waals surface area (Å²) in [5.74, 6) is 0.0306. The molecule has 1 aromatic rings. The van der Waals surface area contributed by atoms with E-state index in [1.807, 2.05) is 0 Å². The van der Waals surface area contributed by atoms with Crippen LogP contribution in [0.2, 0.25) is 0 Å². The molecule has 0 amide bonds. The quantitative estimate of drug-likeness (QED) is 0.465. The predicted molar refractivity (Wildman–Crippen MR) is 35.3 cm³/mol. The van der Waals surface area contributed by atoms with Gasteiger partial charge in [0.2, 0.25) is 5.95 Å². The second-order valence-electron chi connectivity index (χ2n) is 1.70. The number of hydrogen-bond donors (Lipinski definition) is 2. The van der Waals surface area contributed by atoms with Crippen molar-refractivity contribution < 1.29 is 5.21 Å². The average Bonchev–Trinajstić information content (AvgIpc) is 1.95. The van der Waals surface area contributed by atoms with E-state index < -0.39 is 0 Å². The van der Waals surface area contributed by atoms with E-state index in [0.717, 1.165) is 4.73 Å². The van der Waals surface area contributed by atoms with E-state index in [1.165, 1.54) is 6.20 Å². The van der Waals surface area contributed by atoms with Gasteiger partial charge < -0.3 is 10.9 Å². The fourth-order valence-corrected chi connectivity index (χ4v) is 0.592. The summed E-state index contributed by atoms with van der Waals surface area (Å²) in [7, 11) is 1.56. The van der Waals surface area contributed by atoms with E-state index in [0.29, 0.717) is 5.49 Å². The third kappa shape index (κ3) is 0.928. The van der Waals surface area contributed by atoms with Crippen LogP contribution in [0.5, 0.6) is 0 Å². The predicted octanol–water partition coefficient (Wildman–Crippen LogP) is -0.767. The zero-order valence-electron chi connectivity index (χ0n) is 5.52. The smallest absolute Gasteiger partial charge is 0.236 e. The van der Waals surface area contributed by atoms with Crippen LogP contribution in [0, 0.1) is 0 Å². The molecule has 0 aliphatic rings. The fraction of sp³-hybridized carbons (Fsp3) is 0.200. The van der Waals surface area contributed by atoms with Gasteiger partial charge in [0.15, 0.2) is 5.49 Å². The topological polar surface area (TPSA) is 76.4 Å². The molecule has 0 radical (unpaired) electrons. The molecule has 54 valence electrons. The zero-order chi connectivity index (χ0) is 7.56. The maximum atomic E-state index is 9.03. The highest BCUT2D eigenvalue weighted by atomic mass is 16.5. The minimum absolute atomic E-state index is 0.0306. The molecule has 0 aromatic carbocycles. The number of nitrogens with zero attached hydrogens (tertiary/aromatic N) is 3. The van der Waals surface area contributed by atoms with Crippen molar-refractivity contribution in [2.24, 2.45) is 4.99 Å². The average molecular weight is 140 g/mol. The highest BCUT2D eigenvalue weighted by Crippen LogP contribution is 1.84. The molecule has 0 saturated heterocycles. The Morgan fingerprint density at radius 1 is 1.80 bits per heavy atom. The van der Waals surface area contributed by atoms with Crippen LogP contribution in [0.3, 0.4) is 0 Å². The summed E-state index contributed by atoms with van der Waals surface area (Å²) in [6.45, 7) is 0. The SMILES string of the molecule is CN=c1ccnc(N)n1O. The van der Waals surface area contributed by atoms with Gasteiger partial charge in [-0.3, -0.25) is 4.99 Å². The molecule has 5 heteroatoms. The van der Waals surface area contributed by atoms with E-state index in [9.17, 15) is 0 Å². The molecule has 0 fully saturated rings. The molecular formula is C5H8N4O. The number of anilines is 1. The first-order valence-corrected chi connectivity index (χ1v) is 2.71. The van der Waals surface area contributed by atoms with Crippen molar-refractivity contribution in [3.8, 4) is 0 Å². The molecule has 0 aliphatic carbocycles. The molecule has 5 nitrogen and oxygen atoms in total. The summed E-state index contributed by atoms with van der Waals surface area (Å²) in [5.41, 5.74) is 5.62. The molecular weight excluding hydrogens is 132 g/mol. The minimum Gasteiger partial charge on any atom is -0.423 e. The molecule has 1 aromatic heterocycles. The summed E-state index contributed by atoms with van der Waals surface area (Å²) >= 11 is 0. The second kappa shape index (κ2) is 2.38. The van der Waals surface area contributed by atoms with Gasteiger partial charge in [-0.2, -0.15) is 0 Å². The van der Waals surface area contributed by atoms with Gasteiger partial charge in [-0.15, -0.1) is 4.73 Å². The molecule has 0 atom stereocenters. The lowest BCUT2D eigenvalue weighted by molar-refractivity contribution is 0.175. The van der Waals surface area contributed by atoms with Gasteiger partial charge in [-0.1, -0.05) is 0 Å². The van der Waals surface area contributed by atoms with Crippen molar-refractivity contribution in [1.82, 2.24) is 9.71 Å². The third-order valence-electron chi connectivity index (χ3n) is 1.09. The van der Waals surface area contributed by atoms with Crippen LogP contribution in [0.4, 0.5) is 5.95 Å². The number of rotatable bonds is 0. The van der Waals surface area contributed by atoms with Crippen LogP contribution in [0.25, 0.3) is 0 Å². The summed E-state index contributed by atoms with van der Waals surface area (Å²) in [6.07, 6.45) is 1.48. The molecule has 1 rings (SSSR count). The number of aromatic nitrogens is 2. The number of nitrogen functional groups attached to an aromatic ring is 1. The molecule has 0 saturated carbocycles. The van der Waals surface area contributed by atoms with E-state index >= 15 is 0 Å². The molecule has 0 aliphatic heterocycles. The Morgan fingerprint density at radius 3 is 3.00 bits per heavy atom. The summed E-state index contributed by atoms with van der Waals surface area (Å²) in [5, 5.41) is 9.03. The molecule has 0 spiro atoms. The van der Waals surface area contributed by atoms with Crippen molar-refractivity contribution in [3.05, 3.63) is 17.8 Å². The van der Waals surface area contributed by atoms with E-state index in [1.54, 1.807) is 13.1 Å². The van der Waals surface area contributed by atoms with E-state index in [2.05, 4.69) is 9.98 Å². The molecule has 0 unspecified atom stereocenters. The highest BCUT2D eigenvalue weighted by Gasteiger charge is 1.92. The van der Waals surface area contributed by atoms with Crippen LogP contribution in [0.1, 0.15) is 0 Å². The minimum atomic E-state index is 0.0306. The first-order valence-electron chi connectivity index (χ1n) is 2.71. The van der Waals surface area contributed by atoms with Gasteiger partial charge in [-0.05, 0) is 0 Å². The third-order valence-corrected chi connectivity index (χ3v) is 1.09. The zero-order valence-corrected chi connectivity index (χ0v) is 5.52. The number of nitrogens with two attached hydrogens (primary N) is 1. The van der Waals surface area contributed by atoms with Gasteiger partial charge in [0.25, 0.3) is 0 Å². The van der Waals surface area contributed by atoms with Gasteiger partial charge in [-0.25, -0.2) is 4.98 Å². The maximum absolute atomic E-state index is 9.03. The van der Waals surface area contributed by atoms with Crippen LogP contribution in [0.15, 0.2) is 17.3 Å². The Hall–Kier alpha value is -1.52. The summed E-state index contributed by atoms with van der Waals surface area (Å²) in [4.78, 5) is 7.34. The maximum Gasteiger partial charge on any atom is 0.236 e. The van der Waals surface area contributed by atoms with Gasteiger partial charge in [0.05, 0.1) is 0 Å². The fourth-order valence-electron chi connectivity index (χ4n) is 0.592. The molecule has 1 heterocycles. The highest BCUT2D eigenvalue weighted by molar-refractivity contribution is 5.13. The van der Waals surface area contributed by atoms with Gasteiger partial charge >= 0.3 is 0 Å². The van der Waals surface area contributed by atoms with Crippen LogP contribution >= 0.6 is 0 Å². The lowest BCUT2D eigenvalue weighted by atomic mass is 10.6. The Balaban J connectivity index is 3.43. The standard InChI is InChI=1S/C5H8N4O/c1-7-4-2-3-8-5(6)9(4)10/h2-3,10H,1H3,(H2,6,8). The molecule has 10 heavy (non-hydrogen) atoms. The monoisotopic (exact) mass is 140 g/mol. The van der Waals surface area contributed by atoms with E-state index in [4.69, 9.17) is 10.9 Å². The lowest BCUT2D eigenvalue weighted by Crippen LogP contribution is -2.21. The first kappa shape index (κ1) is 6.60. The van der Waals surface area contributed by atoms with Crippen LogP contribution in [-0.4, -0.2) is 22.0 Å². The molecule has 0 bridgehead atoms. The van der Waals surface area contributed by atoms with Gasteiger partial charge in [0, 0.05) is 19.3 Å².